The SMILES string of the molecule is CCCC/C(=C/C(C)=C/[Si](C)(C)C)[Si](C)(C)C. The van der Waals surface area contributed by atoms with E-state index < -0.39 is 16.1 Å². The summed E-state index contributed by atoms with van der Waals surface area (Å²) < 4.78 is 0. The topological polar surface area (TPSA) is 0 Å². The van der Waals surface area contributed by atoms with Crippen molar-refractivity contribution < 1.29 is 0 Å². The highest BCUT2D eigenvalue weighted by Crippen LogP contribution is 2.22. The Morgan fingerprint density at radius 2 is 1.53 bits per heavy atom. The Hall–Kier alpha value is -0.0862. The van der Waals surface area contributed by atoms with Crippen molar-refractivity contribution in [1.29, 1.82) is 0 Å². The molecule has 0 atom stereocenters. The molecule has 0 bridgehead atoms. The number of rotatable bonds is 6. The molecule has 0 N–H and O–H groups in total. The molecule has 0 aromatic carbocycles. The van der Waals surface area contributed by atoms with Crippen LogP contribution in [-0.2, 0) is 0 Å². The molecule has 2 heteroatoms. The van der Waals surface area contributed by atoms with E-state index >= 15 is 0 Å². The summed E-state index contributed by atoms with van der Waals surface area (Å²) >= 11 is 0. The molecule has 0 fully saturated rings. The van der Waals surface area contributed by atoms with E-state index in [-0.39, 0.29) is 0 Å². The van der Waals surface area contributed by atoms with Gasteiger partial charge in [-0.05, 0) is 13.3 Å². The lowest BCUT2D eigenvalue weighted by Crippen LogP contribution is -2.24. The molecule has 17 heavy (non-hydrogen) atoms. The van der Waals surface area contributed by atoms with Crippen molar-refractivity contribution in [2.24, 2.45) is 0 Å². The van der Waals surface area contributed by atoms with E-state index in [2.05, 4.69) is 64.9 Å². The summed E-state index contributed by atoms with van der Waals surface area (Å²) in [6.07, 6.45) is 6.46. The van der Waals surface area contributed by atoms with E-state index in [0.717, 1.165) is 0 Å². The van der Waals surface area contributed by atoms with Crippen LogP contribution in [0.3, 0.4) is 0 Å². The highest BCUT2D eigenvalue weighted by molar-refractivity contribution is 6.83. The molecule has 0 aliphatic rings. The van der Waals surface area contributed by atoms with Gasteiger partial charge in [0.05, 0.1) is 16.1 Å². The van der Waals surface area contributed by atoms with E-state index in [4.69, 9.17) is 0 Å². The molecule has 0 aromatic rings. The zero-order valence-corrected chi connectivity index (χ0v) is 15.3. The fourth-order valence-electron chi connectivity index (χ4n) is 2.03. The molecular formula is C15H32Si2. The molecule has 100 valence electrons. The van der Waals surface area contributed by atoms with Gasteiger partial charge in [0.2, 0.25) is 0 Å². The zero-order chi connectivity index (χ0) is 13.7. The summed E-state index contributed by atoms with van der Waals surface area (Å²) in [7, 11) is -2.19. The first kappa shape index (κ1) is 16.9. The van der Waals surface area contributed by atoms with Gasteiger partial charge in [0.25, 0.3) is 0 Å². The molecule has 0 spiro atoms. The van der Waals surface area contributed by atoms with E-state index in [1.54, 1.807) is 5.20 Å². The Morgan fingerprint density at radius 1 is 1.00 bits per heavy atom. The van der Waals surface area contributed by atoms with Gasteiger partial charge < -0.3 is 0 Å². The van der Waals surface area contributed by atoms with Crippen LogP contribution in [0.15, 0.2) is 22.5 Å². The summed E-state index contributed by atoms with van der Waals surface area (Å²) in [5.74, 6) is 0. The second-order valence-corrected chi connectivity index (χ2v) is 17.4. The lowest BCUT2D eigenvalue weighted by atomic mass is 10.2. The zero-order valence-electron chi connectivity index (χ0n) is 13.3. The van der Waals surface area contributed by atoms with Crippen LogP contribution in [0.5, 0.6) is 0 Å². The Balaban J connectivity index is 4.99. The van der Waals surface area contributed by atoms with E-state index in [1.165, 1.54) is 24.8 Å². The highest BCUT2D eigenvalue weighted by Gasteiger charge is 2.19. The molecule has 0 saturated heterocycles. The molecule has 0 aliphatic heterocycles. The predicted molar refractivity (Wildman–Crippen MR) is 88.1 cm³/mol. The van der Waals surface area contributed by atoms with Crippen LogP contribution in [0.25, 0.3) is 0 Å². The summed E-state index contributed by atoms with van der Waals surface area (Å²) in [4.78, 5) is 0. The quantitative estimate of drug-likeness (QED) is 0.421. The van der Waals surface area contributed by atoms with Crippen LogP contribution in [0.4, 0.5) is 0 Å². The number of hydrogen-bond donors (Lipinski definition) is 0. The summed E-state index contributed by atoms with van der Waals surface area (Å²) in [6.45, 7) is 19.2. The average molecular weight is 269 g/mol. The monoisotopic (exact) mass is 268 g/mol. The van der Waals surface area contributed by atoms with E-state index in [9.17, 15) is 0 Å². The second kappa shape index (κ2) is 6.74. The Kier molecular flexibility index (Phi) is 6.71. The minimum atomic E-state index is -1.13. The molecular weight excluding hydrogens is 236 g/mol. The van der Waals surface area contributed by atoms with Crippen molar-refractivity contribution in [3.05, 3.63) is 22.5 Å². The van der Waals surface area contributed by atoms with Gasteiger partial charge in [-0.3, -0.25) is 0 Å². The number of hydrogen-bond acceptors (Lipinski definition) is 0. The maximum atomic E-state index is 2.53. The molecule has 0 aromatic heterocycles. The third-order valence-corrected chi connectivity index (χ3v) is 6.47. The minimum absolute atomic E-state index is 1.07. The first-order valence-electron chi connectivity index (χ1n) is 6.97. The van der Waals surface area contributed by atoms with Crippen LogP contribution in [0.2, 0.25) is 39.3 Å². The highest BCUT2D eigenvalue weighted by atomic mass is 28.3. The largest absolute Gasteiger partial charge is 0.0922 e. The Morgan fingerprint density at radius 3 is 1.88 bits per heavy atom. The molecule has 0 rings (SSSR count). The van der Waals surface area contributed by atoms with E-state index in [1.807, 2.05) is 0 Å². The molecule has 0 heterocycles. The van der Waals surface area contributed by atoms with Crippen molar-refractivity contribution in [2.75, 3.05) is 0 Å². The first-order valence-corrected chi connectivity index (χ1v) is 14.0. The number of unbranched alkanes of at least 4 members (excludes halogenated alkanes) is 1. The third-order valence-electron chi connectivity index (χ3n) is 2.83. The molecule has 0 nitrogen and oxygen atoms in total. The van der Waals surface area contributed by atoms with Gasteiger partial charge in [-0.2, -0.15) is 0 Å². The average Bonchev–Trinajstić information content (AvgIpc) is 2.07. The van der Waals surface area contributed by atoms with Crippen molar-refractivity contribution in [3.63, 3.8) is 0 Å². The second-order valence-electron chi connectivity index (χ2n) is 7.28. The van der Waals surface area contributed by atoms with Crippen molar-refractivity contribution in [2.45, 2.75) is 72.4 Å². The maximum absolute atomic E-state index is 2.53. The smallest absolute Gasteiger partial charge is 0.0724 e. The van der Waals surface area contributed by atoms with Crippen LogP contribution >= 0.6 is 0 Å². The summed E-state index contributed by atoms with van der Waals surface area (Å²) in [5, 5.41) is 1.74. The van der Waals surface area contributed by atoms with E-state index in [0.29, 0.717) is 0 Å². The van der Waals surface area contributed by atoms with Gasteiger partial charge in [0.15, 0.2) is 0 Å². The van der Waals surface area contributed by atoms with Gasteiger partial charge >= 0.3 is 0 Å². The lowest BCUT2D eigenvalue weighted by molar-refractivity contribution is 0.802. The van der Waals surface area contributed by atoms with Crippen LogP contribution in [0.1, 0.15) is 33.1 Å². The van der Waals surface area contributed by atoms with Gasteiger partial charge in [0, 0.05) is 0 Å². The minimum Gasteiger partial charge on any atom is -0.0922 e. The molecule has 0 unspecified atom stereocenters. The van der Waals surface area contributed by atoms with Gasteiger partial charge in [0.1, 0.15) is 0 Å². The van der Waals surface area contributed by atoms with Crippen molar-refractivity contribution in [3.8, 4) is 0 Å². The Labute approximate surface area is 111 Å². The summed E-state index contributed by atoms with van der Waals surface area (Å²) in [6, 6.07) is 0. The molecule has 0 aliphatic carbocycles. The fourth-order valence-corrected chi connectivity index (χ4v) is 5.07. The van der Waals surface area contributed by atoms with Crippen molar-refractivity contribution >= 4 is 16.1 Å². The molecule has 0 radical (unpaired) electrons. The van der Waals surface area contributed by atoms with Gasteiger partial charge in [-0.15, -0.1) is 0 Å². The Bertz CT molecular complexity index is 285. The van der Waals surface area contributed by atoms with Gasteiger partial charge in [-0.1, -0.05) is 81.6 Å². The van der Waals surface area contributed by atoms with Crippen LogP contribution in [-0.4, -0.2) is 16.1 Å². The normalized spacial score (nSPS) is 15.3. The van der Waals surface area contributed by atoms with Crippen molar-refractivity contribution in [1.82, 2.24) is 0 Å². The predicted octanol–water partition coefficient (Wildman–Crippen LogP) is 5.80. The first-order chi connectivity index (χ1) is 7.56. The standard InChI is InChI=1S/C15H32Si2/c1-9-10-11-15(17(6,7)8)12-14(2)13-16(3,4)5/h12-13H,9-11H2,1-8H3/b14-13+,15-12-. The number of allylic oxidation sites excluding steroid dienone is 3. The lowest BCUT2D eigenvalue weighted by Gasteiger charge is -2.22. The molecule has 0 saturated carbocycles. The fraction of sp³-hybridized carbons (Fsp3) is 0.733. The van der Waals surface area contributed by atoms with Gasteiger partial charge in [-0.25, -0.2) is 0 Å². The maximum Gasteiger partial charge on any atom is 0.0724 e. The summed E-state index contributed by atoms with van der Waals surface area (Å²) in [5.41, 5.74) is 4.02. The molecule has 0 amide bonds. The van der Waals surface area contributed by atoms with Crippen LogP contribution < -0.4 is 0 Å². The third kappa shape index (κ3) is 8.61. The van der Waals surface area contributed by atoms with Crippen LogP contribution in [0, 0.1) is 0 Å².